The molecule has 0 fully saturated rings. The van der Waals surface area contributed by atoms with Gasteiger partial charge in [-0.2, -0.15) is 0 Å². The van der Waals surface area contributed by atoms with Crippen LogP contribution in [-0.4, -0.2) is 45.1 Å². The Morgan fingerprint density at radius 3 is 2.48 bits per heavy atom. The minimum absolute atomic E-state index is 0.146. The van der Waals surface area contributed by atoms with Crippen LogP contribution in [0.3, 0.4) is 0 Å². The molecule has 0 heterocycles. The van der Waals surface area contributed by atoms with E-state index in [1.807, 2.05) is 24.3 Å². The summed E-state index contributed by atoms with van der Waals surface area (Å²) in [7, 11) is -1.21. The number of amides is 1. The van der Waals surface area contributed by atoms with Crippen LogP contribution in [0.15, 0.2) is 28.7 Å². The average Bonchev–Trinajstić information content (AvgIpc) is 2.47. The van der Waals surface area contributed by atoms with Crippen LogP contribution in [0.1, 0.15) is 6.42 Å². The molecule has 2 N–H and O–H groups in total. The molecule has 23 heavy (non-hydrogen) atoms. The molecule has 130 valence electrons. The molecule has 0 saturated carbocycles. The van der Waals surface area contributed by atoms with Crippen LogP contribution in [0.2, 0.25) is 25.7 Å². The molecule has 0 aromatic heterocycles. The van der Waals surface area contributed by atoms with E-state index in [9.17, 15) is 9.90 Å². The summed E-state index contributed by atoms with van der Waals surface area (Å²) >= 11 is 3.36. The summed E-state index contributed by atoms with van der Waals surface area (Å²) in [5, 5.41) is 12.0. The van der Waals surface area contributed by atoms with Crippen molar-refractivity contribution in [2.75, 3.05) is 19.8 Å². The summed E-state index contributed by atoms with van der Waals surface area (Å²) in [6.07, 6.45) is 0.0290. The summed E-state index contributed by atoms with van der Waals surface area (Å²) in [6, 6.07) is 8.06. The number of carbonyl (C=O) groups excluding carboxylic acids is 1. The van der Waals surface area contributed by atoms with E-state index in [-0.39, 0.29) is 12.6 Å². The Hall–Kier alpha value is -1.05. The van der Waals surface area contributed by atoms with Gasteiger partial charge in [0.1, 0.15) is 5.75 Å². The summed E-state index contributed by atoms with van der Waals surface area (Å²) in [5.74, 6) is 0.752. The molecular formula is C16H26BrNO4Si. The molecule has 5 nitrogen and oxygen atoms in total. The van der Waals surface area contributed by atoms with Gasteiger partial charge in [-0.05, 0) is 30.3 Å². The SMILES string of the molecule is C[Si](C)(C)CCOC(=O)N[C@@H](CO)CCOc1ccc(Br)cc1. The van der Waals surface area contributed by atoms with E-state index in [2.05, 4.69) is 40.9 Å². The third-order valence-corrected chi connectivity index (χ3v) is 5.41. The number of alkyl carbamates (subject to hydrolysis) is 1. The Morgan fingerprint density at radius 2 is 1.91 bits per heavy atom. The lowest BCUT2D eigenvalue weighted by Crippen LogP contribution is -2.39. The van der Waals surface area contributed by atoms with Gasteiger partial charge in [-0.1, -0.05) is 35.6 Å². The number of hydrogen-bond acceptors (Lipinski definition) is 4. The van der Waals surface area contributed by atoms with E-state index >= 15 is 0 Å². The van der Waals surface area contributed by atoms with Gasteiger partial charge in [0.15, 0.2) is 0 Å². The van der Waals surface area contributed by atoms with E-state index in [1.165, 1.54) is 0 Å². The van der Waals surface area contributed by atoms with E-state index < -0.39 is 14.2 Å². The number of aliphatic hydroxyl groups excluding tert-OH is 1. The van der Waals surface area contributed by atoms with Gasteiger partial charge >= 0.3 is 6.09 Å². The van der Waals surface area contributed by atoms with Crippen molar-refractivity contribution in [3.8, 4) is 5.75 Å². The van der Waals surface area contributed by atoms with Crippen molar-refractivity contribution in [2.45, 2.75) is 38.1 Å². The lowest BCUT2D eigenvalue weighted by molar-refractivity contribution is 0.136. The van der Waals surface area contributed by atoms with Crippen LogP contribution in [0, 0.1) is 0 Å². The largest absolute Gasteiger partial charge is 0.494 e. The Balaban J connectivity index is 2.25. The van der Waals surface area contributed by atoms with Crippen molar-refractivity contribution in [3.63, 3.8) is 0 Å². The molecule has 0 spiro atoms. The maximum atomic E-state index is 11.7. The number of carbonyl (C=O) groups is 1. The topological polar surface area (TPSA) is 67.8 Å². The van der Waals surface area contributed by atoms with Crippen molar-refractivity contribution in [3.05, 3.63) is 28.7 Å². The predicted octanol–water partition coefficient (Wildman–Crippen LogP) is 3.64. The maximum absolute atomic E-state index is 11.7. The summed E-state index contributed by atoms with van der Waals surface area (Å²) < 4.78 is 11.7. The van der Waals surface area contributed by atoms with Gasteiger partial charge in [-0.15, -0.1) is 0 Å². The highest BCUT2D eigenvalue weighted by Crippen LogP contribution is 2.16. The second kappa shape index (κ2) is 9.95. The lowest BCUT2D eigenvalue weighted by Gasteiger charge is -2.18. The summed E-state index contributed by atoms with van der Waals surface area (Å²) in [5.41, 5.74) is 0. The first kappa shape index (κ1) is 20.0. The molecule has 1 aromatic carbocycles. The summed E-state index contributed by atoms with van der Waals surface area (Å²) in [4.78, 5) is 11.7. The molecule has 1 rings (SSSR count). The normalized spacial score (nSPS) is 12.6. The van der Waals surface area contributed by atoms with Crippen LogP contribution in [-0.2, 0) is 4.74 Å². The fourth-order valence-corrected chi connectivity index (χ4v) is 2.70. The van der Waals surface area contributed by atoms with Crippen LogP contribution < -0.4 is 10.1 Å². The third kappa shape index (κ3) is 9.63. The fourth-order valence-electron chi connectivity index (χ4n) is 1.72. The highest BCUT2D eigenvalue weighted by molar-refractivity contribution is 9.10. The first-order valence-corrected chi connectivity index (χ1v) is 12.2. The zero-order chi connectivity index (χ0) is 17.3. The first-order chi connectivity index (χ1) is 10.8. The molecule has 0 saturated heterocycles. The third-order valence-electron chi connectivity index (χ3n) is 3.18. The highest BCUT2D eigenvalue weighted by Gasteiger charge is 2.16. The molecule has 1 atom stereocenters. The Kier molecular flexibility index (Phi) is 8.65. The molecule has 0 radical (unpaired) electrons. The van der Waals surface area contributed by atoms with Crippen molar-refractivity contribution in [1.82, 2.24) is 5.32 Å². The average molecular weight is 404 g/mol. The Morgan fingerprint density at radius 1 is 1.26 bits per heavy atom. The van der Waals surface area contributed by atoms with E-state index in [1.54, 1.807) is 0 Å². The zero-order valence-corrected chi connectivity index (χ0v) is 16.6. The number of nitrogens with one attached hydrogen (secondary N) is 1. The second-order valence-corrected chi connectivity index (χ2v) is 13.1. The monoisotopic (exact) mass is 403 g/mol. The smallest absolute Gasteiger partial charge is 0.407 e. The number of halogens is 1. The molecule has 0 bridgehead atoms. The molecule has 1 aromatic rings. The zero-order valence-electron chi connectivity index (χ0n) is 14.0. The molecule has 0 aliphatic carbocycles. The van der Waals surface area contributed by atoms with E-state index in [0.29, 0.717) is 19.6 Å². The lowest BCUT2D eigenvalue weighted by atomic mass is 10.2. The van der Waals surface area contributed by atoms with Gasteiger partial charge in [0, 0.05) is 19.0 Å². The molecule has 0 unspecified atom stereocenters. The molecule has 1 amide bonds. The minimum atomic E-state index is -1.21. The van der Waals surface area contributed by atoms with Crippen LogP contribution in [0.4, 0.5) is 4.79 Å². The number of benzene rings is 1. The van der Waals surface area contributed by atoms with Crippen molar-refractivity contribution in [1.29, 1.82) is 0 Å². The van der Waals surface area contributed by atoms with Crippen molar-refractivity contribution < 1.29 is 19.4 Å². The van der Waals surface area contributed by atoms with Gasteiger partial charge in [0.2, 0.25) is 0 Å². The molecular weight excluding hydrogens is 378 g/mol. The van der Waals surface area contributed by atoms with Crippen LogP contribution in [0.25, 0.3) is 0 Å². The quantitative estimate of drug-likeness (QED) is 0.617. The Bertz CT molecular complexity index is 476. The fraction of sp³-hybridized carbons (Fsp3) is 0.562. The van der Waals surface area contributed by atoms with Gasteiger partial charge in [0.25, 0.3) is 0 Å². The van der Waals surface area contributed by atoms with Crippen LogP contribution in [0.5, 0.6) is 5.75 Å². The number of ether oxygens (including phenoxy) is 2. The summed E-state index contributed by atoms with van der Waals surface area (Å²) in [6.45, 7) is 7.36. The standard InChI is InChI=1S/C16H26BrNO4Si/c1-23(2,3)11-10-22-16(20)18-14(12-19)8-9-21-15-6-4-13(17)5-7-15/h4-7,14,19H,8-12H2,1-3H3,(H,18,20)/t14-/m1/s1. The number of hydrogen-bond donors (Lipinski definition) is 2. The predicted molar refractivity (Wildman–Crippen MR) is 97.8 cm³/mol. The van der Waals surface area contributed by atoms with Gasteiger partial charge in [0.05, 0.1) is 25.9 Å². The number of rotatable bonds is 9. The molecule has 0 aliphatic heterocycles. The van der Waals surface area contributed by atoms with E-state index in [0.717, 1.165) is 16.3 Å². The van der Waals surface area contributed by atoms with E-state index in [4.69, 9.17) is 9.47 Å². The Labute approximate surface area is 147 Å². The van der Waals surface area contributed by atoms with Crippen LogP contribution >= 0.6 is 15.9 Å². The second-order valence-electron chi connectivity index (χ2n) is 6.56. The van der Waals surface area contributed by atoms with Crippen molar-refractivity contribution >= 4 is 30.1 Å². The molecule has 7 heteroatoms. The first-order valence-electron chi connectivity index (χ1n) is 7.73. The highest BCUT2D eigenvalue weighted by atomic mass is 79.9. The number of aliphatic hydroxyl groups is 1. The maximum Gasteiger partial charge on any atom is 0.407 e. The molecule has 0 aliphatic rings. The van der Waals surface area contributed by atoms with Gasteiger partial charge < -0.3 is 19.9 Å². The van der Waals surface area contributed by atoms with Crippen molar-refractivity contribution in [2.24, 2.45) is 0 Å². The van der Waals surface area contributed by atoms with Gasteiger partial charge in [-0.3, -0.25) is 0 Å². The minimum Gasteiger partial charge on any atom is -0.494 e. The van der Waals surface area contributed by atoms with Gasteiger partial charge in [-0.25, -0.2) is 4.79 Å².